The summed E-state index contributed by atoms with van der Waals surface area (Å²) in [4.78, 5) is 13.3. The van der Waals surface area contributed by atoms with E-state index in [4.69, 9.17) is 21.1 Å². The summed E-state index contributed by atoms with van der Waals surface area (Å²) in [5.41, 5.74) is 0.824. The lowest BCUT2D eigenvalue weighted by atomic mass is 10.1. The average molecular weight is 378 g/mol. The van der Waals surface area contributed by atoms with Gasteiger partial charge in [0.15, 0.2) is 11.5 Å². The SMILES string of the molecule is O=C(Cc1cc(Cl)c2c(c1)OCCO2)NCCCSc1ccccc1. The zero-order chi connectivity index (χ0) is 17.5. The van der Waals surface area contributed by atoms with Crippen molar-refractivity contribution in [2.75, 3.05) is 25.5 Å². The molecule has 1 amide bonds. The summed E-state index contributed by atoms with van der Waals surface area (Å²) >= 11 is 7.99. The number of rotatable bonds is 7. The third kappa shape index (κ3) is 5.31. The van der Waals surface area contributed by atoms with Crippen LogP contribution in [-0.4, -0.2) is 31.4 Å². The fourth-order valence-electron chi connectivity index (χ4n) is 2.52. The van der Waals surface area contributed by atoms with Crippen LogP contribution in [0.3, 0.4) is 0 Å². The number of thioether (sulfide) groups is 1. The van der Waals surface area contributed by atoms with Gasteiger partial charge in [-0.15, -0.1) is 11.8 Å². The molecule has 1 N–H and O–H groups in total. The number of carbonyl (C=O) groups excluding carboxylic acids is 1. The minimum atomic E-state index is -0.0162. The molecule has 0 radical (unpaired) electrons. The van der Waals surface area contributed by atoms with Crippen LogP contribution in [0.25, 0.3) is 0 Å². The first-order valence-corrected chi connectivity index (χ1v) is 9.61. The summed E-state index contributed by atoms with van der Waals surface area (Å²) < 4.78 is 11.0. The monoisotopic (exact) mass is 377 g/mol. The lowest BCUT2D eigenvalue weighted by Gasteiger charge is -2.20. The molecule has 0 atom stereocenters. The van der Waals surface area contributed by atoms with Crippen LogP contribution in [0.5, 0.6) is 11.5 Å². The molecule has 1 aliphatic heterocycles. The molecule has 1 heterocycles. The topological polar surface area (TPSA) is 47.6 Å². The van der Waals surface area contributed by atoms with E-state index in [1.807, 2.05) is 24.3 Å². The van der Waals surface area contributed by atoms with Crippen LogP contribution in [0.2, 0.25) is 5.02 Å². The first kappa shape index (κ1) is 18.0. The number of nitrogens with one attached hydrogen (secondary N) is 1. The van der Waals surface area contributed by atoms with E-state index >= 15 is 0 Å². The van der Waals surface area contributed by atoms with Crippen LogP contribution in [-0.2, 0) is 11.2 Å². The zero-order valence-corrected chi connectivity index (χ0v) is 15.4. The number of fused-ring (bicyclic) bond motifs is 1. The lowest BCUT2D eigenvalue weighted by Crippen LogP contribution is -2.26. The van der Waals surface area contributed by atoms with Gasteiger partial charge in [-0.05, 0) is 42.0 Å². The van der Waals surface area contributed by atoms with Crippen molar-refractivity contribution >= 4 is 29.3 Å². The maximum Gasteiger partial charge on any atom is 0.224 e. The first-order valence-electron chi connectivity index (χ1n) is 8.25. The summed E-state index contributed by atoms with van der Waals surface area (Å²) in [7, 11) is 0. The Bertz CT molecular complexity index is 724. The fraction of sp³-hybridized carbons (Fsp3) is 0.316. The smallest absolute Gasteiger partial charge is 0.224 e. The molecule has 0 aliphatic carbocycles. The average Bonchev–Trinajstić information content (AvgIpc) is 2.62. The van der Waals surface area contributed by atoms with E-state index in [1.165, 1.54) is 4.90 Å². The second kappa shape index (κ2) is 9.02. The zero-order valence-electron chi connectivity index (χ0n) is 13.8. The van der Waals surface area contributed by atoms with Crippen molar-refractivity contribution in [1.29, 1.82) is 0 Å². The Morgan fingerprint density at radius 3 is 2.80 bits per heavy atom. The Morgan fingerprint density at radius 2 is 1.96 bits per heavy atom. The molecule has 6 heteroatoms. The number of hydrogen-bond donors (Lipinski definition) is 1. The van der Waals surface area contributed by atoms with Gasteiger partial charge in [-0.1, -0.05) is 29.8 Å². The highest BCUT2D eigenvalue weighted by Gasteiger charge is 2.17. The molecule has 25 heavy (non-hydrogen) atoms. The minimum absolute atomic E-state index is 0.0162. The van der Waals surface area contributed by atoms with Crippen molar-refractivity contribution in [2.45, 2.75) is 17.7 Å². The molecule has 0 saturated carbocycles. The molecule has 0 saturated heterocycles. The third-order valence-electron chi connectivity index (χ3n) is 3.68. The molecule has 0 bridgehead atoms. The number of benzene rings is 2. The van der Waals surface area contributed by atoms with Crippen LogP contribution in [0.4, 0.5) is 0 Å². The van der Waals surface area contributed by atoms with Gasteiger partial charge >= 0.3 is 0 Å². The third-order valence-corrected chi connectivity index (χ3v) is 5.06. The van der Waals surface area contributed by atoms with E-state index in [2.05, 4.69) is 17.4 Å². The molecule has 0 spiro atoms. The number of hydrogen-bond acceptors (Lipinski definition) is 4. The summed E-state index contributed by atoms with van der Waals surface area (Å²) in [6.07, 6.45) is 1.20. The Hall–Kier alpha value is -1.85. The number of halogens is 1. The molecular weight excluding hydrogens is 358 g/mol. The molecule has 0 fully saturated rings. The van der Waals surface area contributed by atoms with Crippen molar-refractivity contribution in [3.63, 3.8) is 0 Å². The van der Waals surface area contributed by atoms with E-state index in [0.29, 0.717) is 36.3 Å². The summed E-state index contributed by atoms with van der Waals surface area (Å²) in [6, 6.07) is 13.8. The maximum absolute atomic E-state index is 12.1. The van der Waals surface area contributed by atoms with Gasteiger partial charge in [-0.25, -0.2) is 0 Å². The van der Waals surface area contributed by atoms with E-state index in [0.717, 1.165) is 17.7 Å². The predicted molar refractivity (Wildman–Crippen MR) is 101 cm³/mol. The maximum atomic E-state index is 12.1. The Morgan fingerprint density at radius 1 is 1.16 bits per heavy atom. The normalized spacial score (nSPS) is 12.7. The fourth-order valence-corrected chi connectivity index (χ4v) is 3.68. The van der Waals surface area contributed by atoms with Gasteiger partial charge in [0.1, 0.15) is 13.2 Å². The number of carbonyl (C=O) groups is 1. The minimum Gasteiger partial charge on any atom is -0.486 e. The molecule has 1 aliphatic rings. The van der Waals surface area contributed by atoms with Crippen LogP contribution in [0, 0.1) is 0 Å². The van der Waals surface area contributed by atoms with Gasteiger partial charge in [0.25, 0.3) is 0 Å². The predicted octanol–water partition coefficient (Wildman–Crippen LogP) is 3.95. The lowest BCUT2D eigenvalue weighted by molar-refractivity contribution is -0.120. The molecule has 132 valence electrons. The van der Waals surface area contributed by atoms with Gasteiger partial charge < -0.3 is 14.8 Å². The highest BCUT2D eigenvalue weighted by molar-refractivity contribution is 7.99. The molecule has 0 unspecified atom stereocenters. The Kier molecular flexibility index (Phi) is 6.48. The van der Waals surface area contributed by atoms with Crippen LogP contribution in [0.1, 0.15) is 12.0 Å². The molecular formula is C19H20ClNO3S. The molecule has 4 nitrogen and oxygen atoms in total. The summed E-state index contributed by atoms with van der Waals surface area (Å²) in [5, 5.41) is 3.43. The second-order valence-corrected chi connectivity index (χ2v) is 7.22. The largest absolute Gasteiger partial charge is 0.486 e. The van der Waals surface area contributed by atoms with E-state index in [-0.39, 0.29) is 12.3 Å². The van der Waals surface area contributed by atoms with E-state index in [1.54, 1.807) is 17.8 Å². The highest BCUT2D eigenvalue weighted by atomic mass is 35.5. The van der Waals surface area contributed by atoms with E-state index < -0.39 is 0 Å². The summed E-state index contributed by atoms with van der Waals surface area (Å²) in [5.74, 6) is 2.13. The molecule has 0 aromatic heterocycles. The second-order valence-electron chi connectivity index (χ2n) is 5.64. The van der Waals surface area contributed by atoms with Gasteiger partial charge in [0.05, 0.1) is 11.4 Å². The van der Waals surface area contributed by atoms with Crippen molar-refractivity contribution in [3.8, 4) is 11.5 Å². The number of amides is 1. The van der Waals surface area contributed by atoms with Gasteiger partial charge in [-0.3, -0.25) is 4.79 Å². The van der Waals surface area contributed by atoms with Crippen molar-refractivity contribution in [1.82, 2.24) is 5.32 Å². The summed E-state index contributed by atoms with van der Waals surface area (Å²) in [6.45, 7) is 1.66. The molecule has 2 aromatic rings. The van der Waals surface area contributed by atoms with Crippen molar-refractivity contribution in [3.05, 3.63) is 53.1 Å². The van der Waals surface area contributed by atoms with Gasteiger partial charge in [0.2, 0.25) is 5.91 Å². The van der Waals surface area contributed by atoms with Crippen molar-refractivity contribution in [2.24, 2.45) is 0 Å². The van der Waals surface area contributed by atoms with Crippen LogP contribution >= 0.6 is 23.4 Å². The Labute approximate surface area is 156 Å². The quantitative estimate of drug-likeness (QED) is 0.586. The molecule has 3 rings (SSSR count). The number of ether oxygens (including phenoxy) is 2. The molecule has 2 aromatic carbocycles. The first-order chi connectivity index (χ1) is 12.2. The highest BCUT2D eigenvalue weighted by Crippen LogP contribution is 2.38. The van der Waals surface area contributed by atoms with Gasteiger partial charge in [0, 0.05) is 11.4 Å². The van der Waals surface area contributed by atoms with Crippen LogP contribution < -0.4 is 14.8 Å². The van der Waals surface area contributed by atoms with Gasteiger partial charge in [-0.2, -0.15) is 0 Å². The van der Waals surface area contributed by atoms with Crippen molar-refractivity contribution < 1.29 is 14.3 Å². The Balaban J connectivity index is 1.41. The standard InChI is InChI=1S/C19H20ClNO3S/c20-16-11-14(12-17-19(16)24-9-8-23-17)13-18(22)21-7-4-10-25-15-5-2-1-3-6-15/h1-3,5-6,11-12H,4,7-10,13H2,(H,21,22). The van der Waals surface area contributed by atoms with E-state index in [9.17, 15) is 4.79 Å². The van der Waals surface area contributed by atoms with Crippen LogP contribution in [0.15, 0.2) is 47.4 Å².